The van der Waals surface area contributed by atoms with Crippen molar-refractivity contribution in [1.82, 2.24) is 9.13 Å². The first-order chi connectivity index (χ1) is 30.3. The quantitative estimate of drug-likeness (QED) is 0.157. The molecule has 0 radical (unpaired) electrons. The SMILES string of the molecule is c1ccc(-c2ccc(-c3ccc4c5ccccc5n(-c5cccc6ccccc56)c4c3)cc2N(c2ccccc2)c2ccc3c4ccccc4n(-c4ccccc4)c3c2)cc1. The monoisotopic (exact) mass is 777 g/mol. The van der Waals surface area contributed by atoms with Crippen LogP contribution in [-0.2, 0) is 0 Å². The molecule has 0 saturated carbocycles. The fourth-order valence-electron chi connectivity index (χ4n) is 9.53. The summed E-state index contributed by atoms with van der Waals surface area (Å²) in [4.78, 5) is 2.43. The van der Waals surface area contributed by atoms with Crippen molar-refractivity contribution >= 4 is 71.4 Å². The lowest BCUT2D eigenvalue weighted by molar-refractivity contribution is 1.18. The van der Waals surface area contributed by atoms with Crippen LogP contribution in [0, 0.1) is 0 Å². The topological polar surface area (TPSA) is 13.1 Å². The molecule has 0 N–H and O–H groups in total. The summed E-state index contributed by atoms with van der Waals surface area (Å²) in [6.07, 6.45) is 0. The number of hydrogen-bond acceptors (Lipinski definition) is 1. The zero-order valence-corrected chi connectivity index (χ0v) is 33.4. The summed E-state index contributed by atoms with van der Waals surface area (Å²) in [5.41, 5.74) is 14.9. The minimum atomic E-state index is 1.08. The highest BCUT2D eigenvalue weighted by Crippen LogP contribution is 2.45. The van der Waals surface area contributed by atoms with E-state index in [1.165, 1.54) is 54.6 Å². The first kappa shape index (κ1) is 34.9. The van der Waals surface area contributed by atoms with Crippen molar-refractivity contribution in [3.8, 4) is 33.6 Å². The minimum Gasteiger partial charge on any atom is -0.310 e. The van der Waals surface area contributed by atoms with E-state index in [1.807, 2.05) is 0 Å². The third-order valence-corrected chi connectivity index (χ3v) is 12.3. The van der Waals surface area contributed by atoms with Gasteiger partial charge in [0, 0.05) is 49.6 Å². The van der Waals surface area contributed by atoms with Gasteiger partial charge in [-0.3, -0.25) is 0 Å². The molecule has 0 aliphatic rings. The number of fused-ring (bicyclic) bond motifs is 7. The molecule has 286 valence electrons. The van der Waals surface area contributed by atoms with E-state index in [0.717, 1.165) is 50.5 Å². The molecule has 0 unspecified atom stereocenters. The number of anilines is 3. The molecular weight excluding hydrogens is 739 g/mol. The Kier molecular flexibility index (Phi) is 8.17. The van der Waals surface area contributed by atoms with Crippen LogP contribution in [0.4, 0.5) is 17.1 Å². The highest BCUT2D eigenvalue weighted by Gasteiger charge is 2.22. The van der Waals surface area contributed by atoms with Crippen LogP contribution in [0.5, 0.6) is 0 Å². The zero-order valence-electron chi connectivity index (χ0n) is 33.4. The summed E-state index contributed by atoms with van der Waals surface area (Å²) in [6.45, 7) is 0. The lowest BCUT2D eigenvalue weighted by Crippen LogP contribution is -2.11. The second-order valence-electron chi connectivity index (χ2n) is 15.7. The van der Waals surface area contributed by atoms with Crippen molar-refractivity contribution in [2.75, 3.05) is 4.90 Å². The molecule has 12 rings (SSSR count). The molecule has 0 aliphatic heterocycles. The van der Waals surface area contributed by atoms with Crippen LogP contribution in [0.2, 0.25) is 0 Å². The average Bonchev–Trinajstić information content (AvgIpc) is 3.84. The molecule has 61 heavy (non-hydrogen) atoms. The summed E-state index contributed by atoms with van der Waals surface area (Å²) < 4.78 is 4.85. The van der Waals surface area contributed by atoms with Gasteiger partial charge in [0.15, 0.2) is 0 Å². The maximum Gasteiger partial charge on any atom is 0.0561 e. The molecule has 0 aliphatic carbocycles. The van der Waals surface area contributed by atoms with Gasteiger partial charge in [0.05, 0.1) is 33.4 Å². The van der Waals surface area contributed by atoms with E-state index < -0.39 is 0 Å². The minimum absolute atomic E-state index is 1.08. The van der Waals surface area contributed by atoms with Gasteiger partial charge < -0.3 is 14.0 Å². The average molecular weight is 778 g/mol. The molecular formula is C58H39N3. The molecule has 0 saturated heterocycles. The highest BCUT2D eigenvalue weighted by atomic mass is 15.1. The first-order valence-corrected chi connectivity index (χ1v) is 20.9. The van der Waals surface area contributed by atoms with Crippen LogP contribution in [-0.4, -0.2) is 9.13 Å². The Hall–Kier alpha value is -8.14. The number of para-hydroxylation sites is 4. The fourth-order valence-corrected chi connectivity index (χ4v) is 9.53. The molecule has 0 atom stereocenters. The Morgan fingerprint density at radius 1 is 0.295 bits per heavy atom. The molecule has 0 amide bonds. The van der Waals surface area contributed by atoms with Crippen LogP contribution in [0.25, 0.3) is 88.0 Å². The van der Waals surface area contributed by atoms with Crippen molar-refractivity contribution < 1.29 is 0 Å². The lowest BCUT2D eigenvalue weighted by Gasteiger charge is -2.29. The van der Waals surface area contributed by atoms with E-state index >= 15 is 0 Å². The van der Waals surface area contributed by atoms with E-state index in [2.05, 4.69) is 251 Å². The van der Waals surface area contributed by atoms with Crippen LogP contribution in [0.15, 0.2) is 237 Å². The van der Waals surface area contributed by atoms with E-state index in [-0.39, 0.29) is 0 Å². The zero-order chi connectivity index (χ0) is 40.3. The molecule has 12 aromatic rings. The van der Waals surface area contributed by atoms with Crippen LogP contribution in [0.3, 0.4) is 0 Å². The van der Waals surface area contributed by atoms with Gasteiger partial charge in [0.2, 0.25) is 0 Å². The molecule has 2 aromatic heterocycles. The Balaban J connectivity index is 1.10. The molecule has 0 bridgehead atoms. The molecule has 3 heteroatoms. The standard InChI is InChI=1S/C58H39N3/c1-4-17-40(18-5-1)48-34-31-42(43-32-35-51-50-27-13-15-29-55(50)61(57(51)38-43)53-30-16-20-41-19-10-11-25-47(41)53)37-56(48)59(44-21-6-2-7-22-44)46-33-36-52-49-26-12-14-28-54(49)60(58(52)39-46)45-23-8-3-9-24-45/h1-39H. The predicted octanol–water partition coefficient (Wildman–Crippen LogP) is 15.8. The summed E-state index contributed by atoms with van der Waals surface area (Å²) in [5, 5.41) is 7.41. The molecule has 3 nitrogen and oxygen atoms in total. The number of nitrogens with zero attached hydrogens (tertiary/aromatic N) is 3. The number of hydrogen-bond donors (Lipinski definition) is 0. The fraction of sp³-hybridized carbons (Fsp3) is 0. The van der Waals surface area contributed by atoms with Gasteiger partial charge in [-0.25, -0.2) is 0 Å². The van der Waals surface area contributed by atoms with E-state index in [1.54, 1.807) is 0 Å². The van der Waals surface area contributed by atoms with Crippen LogP contribution in [0.1, 0.15) is 0 Å². The third-order valence-electron chi connectivity index (χ3n) is 12.3. The summed E-state index contributed by atoms with van der Waals surface area (Å²) in [6, 6.07) is 86.0. The summed E-state index contributed by atoms with van der Waals surface area (Å²) in [5.74, 6) is 0. The van der Waals surface area contributed by atoms with Crippen molar-refractivity contribution in [3.05, 3.63) is 237 Å². The second kappa shape index (κ2) is 14.3. The van der Waals surface area contributed by atoms with Gasteiger partial charge in [-0.05, 0) is 88.8 Å². The van der Waals surface area contributed by atoms with Gasteiger partial charge in [-0.2, -0.15) is 0 Å². The molecule has 0 spiro atoms. The Bertz CT molecular complexity index is 3580. The maximum absolute atomic E-state index is 2.45. The predicted molar refractivity (Wildman–Crippen MR) is 258 cm³/mol. The van der Waals surface area contributed by atoms with Crippen molar-refractivity contribution in [3.63, 3.8) is 0 Å². The largest absolute Gasteiger partial charge is 0.310 e. The number of benzene rings is 10. The Morgan fingerprint density at radius 2 is 0.836 bits per heavy atom. The summed E-state index contributed by atoms with van der Waals surface area (Å²) in [7, 11) is 0. The van der Waals surface area contributed by atoms with Gasteiger partial charge in [0.25, 0.3) is 0 Å². The van der Waals surface area contributed by atoms with Crippen LogP contribution >= 0.6 is 0 Å². The first-order valence-electron chi connectivity index (χ1n) is 20.9. The van der Waals surface area contributed by atoms with Gasteiger partial charge >= 0.3 is 0 Å². The molecule has 0 fully saturated rings. The summed E-state index contributed by atoms with van der Waals surface area (Å²) >= 11 is 0. The van der Waals surface area contributed by atoms with E-state index in [4.69, 9.17) is 0 Å². The number of rotatable bonds is 7. The van der Waals surface area contributed by atoms with E-state index in [9.17, 15) is 0 Å². The second-order valence-corrected chi connectivity index (χ2v) is 15.7. The maximum atomic E-state index is 2.45. The molecule has 10 aromatic carbocycles. The van der Waals surface area contributed by atoms with Gasteiger partial charge in [-0.15, -0.1) is 0 Å². The normalized spacial score (nSPS) is 11.6. The molecule has 2 heterocycles. The highest BCUT2D eigenvalue weighted by molar-refractivity contribution is 6.12. The number of aromatic nitrogens is 2. The smallest absolute Gasteiger partial charge is 0.0561 e. The van der Waals surface area contributed by atoms with Crippen molar-refractivity contribution in [1.29, 1.82) is 0 Å². The van der Waals surface area contributed by atoms with Crippen LogP contribution < -0.4 is 4.90 Å². The third kappa shape index (κ3) is 5.74. The Labute approximate surface area is 354 Å². The van der Waals surface area contributed by atoms with Crippen molar-refractivity contribution in [2.24, 2.45) is 0 Å². The van der Waals surface area contributed by atoms with E-state index in [0.29, 0.717) is 0 Å². The van der Waals surface area contributed by atoms with Crippen molar-refractivity contribution in [2.45, 2.75) is 0 Å². The Morgan fingerprint density at radius 3 is 1.59 bits per heavy atom. The lowest BCUT2D eigenvalue weighted by atomic mass is 9.96. The van der Waals surface area contributed by atoms with Gasteiger partial charge in [-0.1, -0.05) is 170 Å². The van der Waals surface area contributed by atoms with Gasteiger partial charge in [0.1, 0.15) is 0 Å².